The summed E-state index contributed by atoms with van der Waals surface area (Å²) in [6, 6.07) is 7.23. The first kappa shape index (κ1) is 14.6. The van der Waals surface area contributed by atoms with Crippen LogP contribution in [0, 0.1) is 0 Å². The molecule has 1 rings (SSSR count). The van der Waals surface area contributed by atoms with Crippen molar-refractivity contribution in [3.63, 3.8) is 0 Å². The summed E-state index contributed by atoms with van der Waals surface area (Å²) in [5.41, 5.74) is 3.43. The molecule has 1 aromatic rings. The van der Waals surface area contributed by atoms with Gasteiger partial charge in [0.2, 0.25) is 0 Å². The van der Waals surface area contributed by atoms with Crippen LogP contribution in [0.1, 0.15) is 29.8 Å². The van der Waals surface area contributed by atoms with Gasteiger partial charge in [0.05, 0.1) is 6.61 Å². The van der Waals surface area contributed by atoms with Crippen molar-refractivity contribution in [3.05, 3.63) is 35.4 Å². The molecule has 1 amide bonds. The number of nitrogens with two attached hydrogens (primary N) is 1. The summed E-state index contributed by atoms with van der Waals surface area (Å²) in [6.45, 7) is 4.75. The van der Waals surface area contributed by atoms with Gasteiger partial charge in [-0.3, -0.25) is 15.1 Å². The fourth-order valence-corrected chi connectivity index (χ4v) is 1.45. The molecule has 0 aromatic heterocycles. The molecule has 18 heavy (non-hydrogen) atoms. The fraction of sp³-hybridized carbons (Fsp3) is 0.462. The smallest absolute Gasteiger partial charge is 0.265 e. The van der Waals surface area contributed by atoms with Gasteiger partial charge in [0.25, 0.3) is 5.91 Å². The summed E-state index contributed by atoms with van der Waals surface area (Å²) in [4.78, 5) is 13.3. The molecular weight excluding hydrogens is 230 g/mol. The van der Waals surface area contributed by atoms with Gasteiger partial charge >= 0.3 is 0 Å². The van der Waals surface area contributed by atoms with Crippen LogP contribution in [-0.4, -0.2) is 35.1 Å². The topological polar surface area (TPSA) is 78.6 Å². The van der Waals surface area contributed by atoms with Crippen LogP contribution in [-0.2, 0) is 6.54 Å². The normalized spacial score (nSPS) is 11.7. The van der Waals surface area contributed by atoms with Crippen LogP contribution in [0.2, 0.25) is 0 Å². The first-order valence-corrected chi connectivity index (χ1v) is 5.82. The number of carbonyl (C=O) groups is 1. The van der Waals surface area contributed by atoms with E-state index in [1.165, 1.54) is 0 Å². The Bertz CT molecular complexity index is 401. The van der Waals surface area contributed by atoms with E-state index in [4.69, 9.17) is 5.84 Å². The number of carbonyl (C=O) groups excluding carboxylic acids is 1. The van der Waals surface area contributed by atoms with Crippen LogP contribution in [0.3, 0.4) is 0 Å². The number of nitrogen functional groups attached to an aromatic ring is 1. The molecule has 0 fully saturated rings. The Hall–Kier alpha value is -1.43. The van der Waals surface area contributed by atoms with Crippen LogP contribution in [0.25, 0.3) is 0 Å². The number of hydrazine groups is 1. The molecule has 1 aromatic carbocycles. The van der Waals surface area contributed by atoms with Gasteiger partial charge in [-0.25, -0.2) is 5.84 Å². The van der Waals surface area contributed by atoms with Crippen molar-refractivity contribution in [1.29, 1.82) is 0 Å². The number of amides is 1. The predicted octanol–water partition coefficient (Wildman–Crippen LogP) is 0.493. The zero-order chi connectivity index (χ0) is 13.8. The molecule has 0 aliphatic heterocycles. The summed E-state index contributed by atoms with van der Waals surface area (Å²) in [5, 5.41) is 9.28. The Morgan fingerprint density at radius 3 is 2.39 bits per heavy atom. The van der Waals surface area contributed by atoms with Gasteiger partial charge in [-0.15, -0.1) is 0 Å². The van der Waals surface area contributed by atoms with E-state index in [-0.39, 0.29) is 18.1 Å². The lowest BCUT2D eigenvalue weighted by Crippen LogP contribution is -2.43. The van der Waals surface area contributed by atoms with Crippen molar-refractivity contribution in [3.8, 4) is 0 Å². The summed E-state index contributed by atoms with van der Waals surface area (Å²) in [7, 11) is 1.96. The maximum Gasteiger partial charge on any atom is 0.265 e. The molecule has 0 unspecified atom stereocenters. The van der Waals surface area contributed by atoms with Gasteiger partial charge in [0.15, 0.2) is 0 Å². The molecule has 0 saturated heterocycles. The summed E-state index contributed by atoms with van der Waals surface area (Å²) in [5.74, 6) is 4.76. The van der Waals surface area contributed by atoms with E-state index in [1.54, 1.807) is 12.1 Å². The van der Waals surface area contributed by atoms with Crippen LogP contribution in [0.15, 0.2) is 24.3 Å². The fourth-order valence-electron chi connectivity index (χ4n) is 1.45. The zero-order valence-electron chi connectivity index (χ0n) is 11.1. The van der Waals surface area contributed by atoms with Crippen LogP contribution >= 0.6 is 0 Å². The van der Waals surface area contributed by atoms with Crippen molar-refractivity contribution in [2.24, 2.45) is 5.84 Å². The Balaban J connectivity index is 2.72. The van der Waals surface area contributed by atoms with Crippen molar-refractivity contribution < 1.29 is 9.90 Å². The highest BCUT2D eigenvalue weighted by molar-refractivity contribution is 5.93. The predicted molar refractivity (Wildman–Crippen MR) is 70.7 cm³/mol. The minimum atomic E-state index is -0.300. The van der Waals surface area contributed by atoms with E-state index in [2.05, 4.69) is 10.3 Å². The van der Waals surface area contributed by atoms with Gasteiger partial charge in [0.1, 0.15) is 0 Å². The second-order valence-electron chi connectivity index (χ2n) is 5.00. The van der Waals surface area contributed by atoms with E-state index in [9.17, 15) is 9.90 Å². The maximum atomic E-state index is 11.3. The molecular formula is C13H21N3O2. The Morgan fingerprint density at radius 2 is 1.94 bits per heavy atom. The third-order valence-corrected chi connectivity index (χ3v) is 3.19. The van der Waals surface area contributed by atoms with Crippen molar-refractivity contribution in [1.82, 2.24) is 10.3 Å². The molecule has 4 N–H and O–H groups in total. The Kier molecular flexibility index (Phi) is 4.84. The van der Waals surface area contributed by atoms with E-state index in [1.807, 2.05) is 33.0 Å². The lowest BCUT2D eigenvalue weighted by molar-refractivity contribution is 0.0734. The molecule has 0 heterocycles. The molecule has 5 nitrogen and oxygen atoms in total. The number of aliphatic hydroxyl groups excluding tert-OH is 1. The molecule has 0 aliphatic carbocycles. The van der Waals surface area contributed by atoms with Gasteiger partial charge in [-0.05, 0) is 38.6 Å². The van der Waals surface area contributed by atoms with Gasteiger partial charge in [-0.2, -0.15) is 0 Å². The number of benzene rings is 1. The second-order valence-corrected chi connectivity index (χ2v) is 5.00. The molecule has 0 aliphatic rings. The first-order chi connectivity index (χ1) is 8.40. The molecule has 0 spiro atoms. The van der Waals surface area contributed by atoms with Crippen LogP contribution < -0.4 is 11.3 Å². The molecule has 0 atom stereocenters. The Labute approximate surface area is 108 Å². The van der Waals surface area contributed by atoms with E-state index in [0.29, 0.717) is 12.1 Å². The van der Waals surface area contributed by atoms with E-state index in [0.717, 1.165) is 5.56 Å². The van der Waals surface area contributed by atoms with E-state index >= 15 is 0 Å². The maximum absolute atomic E-state index is 11.3. The largest absolute Gasteiger partial charge is 0.394 e. The van der Waals surface area contributed by atoms with Gasteiger partial charge in [-0.1, -0.05) is 12.1 Å². The van der Waals surface area contributed by atoms with Crippen molar-refractivity contribution >= 4 is 5.91 Å². The Morgan fingerprint density at radius 1 is 1.39 bits per heavy atom. The van der Waals surface area contributed by atoms with Crippen LogP contribution in [0.5, 0.6) is 0 Å². The number of rotatable bonds is 5. The molecule has 0 saturated carbocycles. The average molecular weight is 251 g/mol. The number of aliphatic hydroxyl groups is 1. The number of nitrogens with zero attached hydrogens (tertiary/aromatic N) is 1. The summed E-state index contributed by atoms with van der Waals surface area (Å²) >= 11 is 0. The highest BCUT2D eigenvalue weighted by Crippen LogP contribution is 2.15. The minimum absolute atomic E-state index is 0.0944. The lowest BCUT2D eigenvalue weighted by Gasteiger charge is -2.33. The van der Waals surface area contributed by atoms with Gasteiger partial charge in [0, 0.05) is 17.6 Å². The van der Waals surface area contributed by atoms with Crippen molar-refractivity contribution in [2.45, 2.75) is 25.9 Å². The number of nitrogens with one attached hydrogen (secondary N) is 1. The zero-order valence-corrected chi connectivity index (χ0v) is 11.1. The van der Waals surface area contributed by atoms with Gasteiger partial charge < -0.3 is 5.11 Å². The van der Waals surface area contributed by atoms with Crippen LogP contribution in [0.4, 0.5) is 0 Å². The van der Waals surface area contributed by atoms with E-state index < -0.39 is 0 Å². The molecule has 5 heteroatoms. The summed E-state index contributed by atoms with van der Waals surface area (Å²) < 4.78 is 0. The molecule has 100 valence electrons. The highest BCUT2D eigenvalue weighted by atomic mass is 16.3. The average Bonchev–Trinajstić information content (AvgIpc) is 2.38. The summed E-state index contributed by atoms with van der Waals surface area (Å²) in [6.07, 6.45) is 0. The number of hydrogen-bond donors (Lipinski definition) is 3. The third kappa shape index (κ3) is 3.53. The number of hydrogen-bond acceptors (Lipinski definition) is 4. The quantitative estimate of drug-likeness (QED) is 0.404. The highest BCUT2D eigenvalue weighted by Gasteiger charge is 2.22. The molecule has 0 bridgehead atoms. The minimum Gasteiger partial charge on any atom is -0.394 e. The lowest BCUT2D eigenvalue weighted by atomic mass is 10.0. The molecule has 0 radical (unpaired) electrons. The second kappa shape index (κ2) is 5.95. The SMILES string of the molecule is CN(Cc1ccc(C(=O)NN)cc1)C(C)(C)CO. The van der Waals surface area contributed by atoms with Crippen molar-refractivity contribution in [2.75, 3.05) is 13.7 Å². The third-order valence-electron chi connectivity index (χ3n) is 3.19. The first-order valence-electron chi connectivity index (χ1n) is 5.82. The standard InChI is InChI=1S/C13H21N3O2/c1-13(2,9-17)16(3)8-10-4-6-11(7-5-10)12(18)15-14/h4-7,17H,8-9,14H2,1-3H3,(H,15,18). The monoisotopic (exact) mass is 251 g/mol. The number of likely N-dealkylation sites (N-methyl/N-ethyl adjacent to an activating group) is 1.